The van der Waals surface area contributed by atoms with E-state index in [4.69, 9.17) is 0 Å². The molecule has 84 valence electrons. The Morgan fingerprint density at radius 1 is 1.43 bits per heavy atom. The Bertz CT molecular complexity index is 167. The summed E-state index contributed by atoms with van der Waals surface area (Å²) in [6, 6.07) is 0. The van der Waals surface area contributed by atoms with Crippen molar-refractivity contribution in [3.63, 3.8) is 0 Å². The predicted molar refractivity (Wildman–Crippen MR) is 72.3 cm³/mol. The monoisotopic (exact) mass is 311 g/mol. The van der Waals surface area contributed by atoms with Gasteiger partial charge in [-0.15, -0.1) is 0 Å². The molecule has 0 aliphatic rings. The van der Waals surface area contributed by atoms with Gasteiger partial charge < -0.3 is 10.2 Å². The van der Waals surface area contributed by atoms with Crippen LogP contribution >= 0.6 is 22.6 Å². The molecule has 0 amide bonds. The summed E-state index contributed by atoms with van der Waals surface area (Å²) in [5.41, 5.74) is 0. The zero-order valence-corrected chi connectivity index (χ0v) is 11.8. The predicted octanol–water partition coefficient (Wildman–Crippen LogP) is 1.97. The Hall–Kier alpha value is 0.160. The highest BCUT2D eigenvalue weighted by Crippen LogP contribution is 1.96. The Kier molecular flexibility index (Phi) is 8.56. The lowest BCUT2D eigenvalue weighted by molar-refractivity contribution is 0.399. The minimum Gasteiger partial charge on any atom is -0.374 e. The molecule has 0 spiro atoms. The summed E-state index contributed by atoms with van der Waals surface area (Å²) in [4.78, 5) is 6.62. The van der Waals surface area contributed by atoms with Crippen molar-refractivity contribution < 1.29 is 0 Å². The first-order valence-electron chi connectivity index (χ1n) is 5.06. The fourth-order valence-electron chi connectivity index (χ4n) is 1.12. The molecule has 0 radical (unpaired) electrons. The van der Waals surface area contributed by atoms with Gasteiger partial charge in [0.05, 0.1) is 10.4 Å². The minimum absolute atomic E-state index is 0.504. The third kappa shape index (κ3) is 7.55. The Morgan fingerprint density at radius 3 is 2.50 bits per heavy atom. The number of hydrogen-bond acceptors (Lipinski definition) is 2. The molecule has 0 aliphatic heterocycles. The number of alkyl halides is 1. The van der Waals surface area contributed by atoms with Gasteiger partial charge in [-0.25, -0.2) is 0 Å². The van der Waals surface area contributed by atoms with Crippen molar-refractivity contribution in [2.45, 2.75) is 20.3 Å². The van der Waals surface area contributed by atoms with Crippen molar-refractivity contribution >= 4 is 28.4 Å². The van der Waals surface area contributed by atoms with Crippen LogP contribution in [0.25, 0.3) is 0 Å². The molecule has 0 aromatic heterocycles. The van der Waals surface area contributed by atoms with Crippen molar-refractivity contribution in [2.75, 3.05) is 31.7 Å². The van der Waals surface area contributed by atoms with Crippen LogP contribution in [0.5, 0.6) is 0 Å². The molecule has 0 fully saturated rings. The van der Waals surface area contributed by atoms with Crippen molar-refractivity contribution in [3.8, 4) is 0 Å². The van der Waals surface area contributed by atoms with Gasteiger partial charge in [-0.3, -0.25) is 4.99 Å². The fourth-order valence-corrected chi connectivity index (χ4v) is 1.49. The molecule has 0 rings (SSSR count). The van der Waals surface area contributed by atoms with E-state index in [1.54, 1.807) is 0 Å². The van der Waals surface area contributed by atoms with E-state index >= 15 is 0 Å². The smallest absolute Gasteiger partial charge is 0.0998 e. The molecule has 0 atom stereocenters. The van der Waals surface area contributed by atoms with Crippen LogP contribution in [0.4, 0.5) is 0 Å². The lowest BCUT2D eigenvalue weighted by Gasteiger charge is -2.14. The van der Waals surface area contributed by atoms with Crippen molar-refractivity contribution in [2.24, 2.45) is 10.9 Å². The van der Waals surface area contributed by atoms with Gasteiger partial charge in [-0.2, -0.15) is 0 Å². The zero-order valence-electron chi connectivity index (χ0n) is 9.68. The van der Waals surface area contributed by atoms with Gasteiger partial charge in [0.25, 0.3) is 0 Å². The Labute approximate surface area is 101 Å². The van der Waals surface area contributed by atoms with Gasteiger partial charge in [-0.05, 0) is 27.1 Å². The van der Waals surface area contributed by atoms with Crippen LogP contribution in [-0.4, -0.2) is 42.5 Å². The first-order chi connectivity index (χ1) is 6.57. The molecule has 0 bridgehead atoms. The van der Waals surface area contributed by atoms with E-state index in [2.05, 4.69) is 65.7 Å². The maximum absolute atomic E-state index is 4.42. The van der Waals surface area contributed by atoms with Gasteiger partial charge in [-0.1, -0.05) is 36.4 Å². The van der Waals surface area contributed by atoms with Crippen LogP contribution in [0.3, 0.4) is 0 Å². The average molecular weight is 311 g/mol. The summed E-state index contributed by atoms with van der Waals surface area (Å²) >= 11 is 2.27. The van der Waals surface area contributed by atoms with Gasteiger partial charge in [0.2, 0.25) is 0 Å². The standard InChI is InChI=1S/C10H22IN3/c1-9(2)10(13-8-11)12-6-5-7-14(3)4/h9H,5-8H2,1-4H3,(H,12,13). The molecule has 0 aliphatic carbocycles. The van der Waals surface area contributed by atoms with E-state index in [9.17, 15) is 0 Å². The minimum atomic E-state index is 0.504. The maximum atomic E-state index is 4.42. The third-order valence-electron chi connectivity index (χ3n) is 1.87. The van der Waals surface area contributed by atoms with Gasteiger partial charge >= 0.3 is 0 Å². The van der Waals surface area contributed by atoms with Crippen molar-refractivity contribution in [3.05, 3.63) is 0 Å². The summed E-state index contributed by atoms with van der Waals surface area (Å²) in [6.45, 7) is 6.49. The van der Waals surface area contributed by atoms with Crippen molar-refractivity contribution in [1.29, 1.82) is 0 Å². The largest absolute Gasteiger partial charge is 0.374 e. The summed E-state index contributed by atoms with van der Waals surface area (Å²) in [6.07, 6.45) is 1.17. The molecule has 0 saturated heterocycles. The van der Waals surface area contributed by atoms with Crippen LogP contribution in [0.2, 0.25) is 0 Å². The van der Waals surface area contributed by atoms with E-state index in [0.717, 1.165) is 23.5 Å². The van der Waals surface area contributed by atoms with Gasteiger partial charge in [0.15, 0.2) is 0 Å². The topological polar surface area (TPSA) is 27.6 Å². The highest BCUT2D eigenvalue weighted by molar-refractivity contribution is 14.1. The summed E-state index contributed by atoms with van der Waals surface area (Å²) < 4.78 is 0.839. The summed E-state index contributed by atoms with van der Waals surface area (Å²) in [7, 11) is 4.20. The lowest BCUT2D eigenvalue weighted by Crippen LogP contribution is -2.30. The second-order valence-corrected chi connectivity index (χ2v) is 4.58. The van der Waals surface area contributed by atoms with Crippen LogP contribution < -0.4 is 5.32 Å². The number of hydrogen-bond donors (Lipinski definition) is 1. The third-order valence-corrected chi connectivity index (χ3v) is 2.21. The zero-order chi connectivity index (χ0) is 11.0. The second-order valence-electron chi connectivity index (χ2n) is 3.90. The first-order valence-corrected chi connectivity index (χ1v) is 6.59. The molecular formula is C10H22IN3. The van der Waals surface area contributed by atoms with Crippen LogP contribution in [0.1, 0.15) is 20.3 Å². The Balaban J connectivity index is 3.68. The SMILES string of the molecule is CC(C)C(=NCI)NCCCN(C)C. The highest BCUT2D eigenvalue weighted by Gasteiger charge is 2.02. The van der Waals surface area contributed by atoms with Crippen LogP contribution in [0, 0.1) is 5.92 Å². The summed E-state index contributed by atoms with van der Waals surface area (Å²) in [5, 5.41) is 3.39. The van der Waals surface area contributed by atoms with E-state index in [1.165, 1.54) is 6.42 Å². The number of nitrogens with zero attached hydrogens (tertiary/aromatic N) is 2. The number of amidine groups is 1. The highest BCUT2D eigenvalue weighted by atomic mass is 127. The van der Waals surface area contributed by atoms with Crippen molar-refractivity contribution in [1.82, 2.24) is 10.2 Å². The molecule has 0 unspecified atom stereocenters. The molecule has 4 heteroatoms. The lowest BCUT2D eigenvalue weighted by atomic mass is 10.2. The van der Waals surface area contributed by atoms with Crippen LogP contribution in [-0.2, 0) is 0 Å². The molecule has 3 nitrogen and oxygen atoms in total. The molecule has 1 N–H and O–H groups in total. The van der Waals surface area contributed by atoms with E-state index < -0.39 is 0 Å². The molecule has 0 saturated carbocycles. The molecule has 0 aromatic carbocycles. The summed E-state index contributed by atoms with van der Waals surface area (Å²) in [5.74, 6) is 1.64. The average Bonchev–Trinajstić information content (AvgIpc) is 2.09. The molecule has 0 aromatic rings. The molecule has 0 heterocycles. The number of halogens is 1. The fraction of sp³-hybridized carbons (Fsp3) is 0.900. The van der Waals surface area contributed by atoms with E-state index in [-0.39, 0.29) is 0 Å². The maximum Gasteiger partial charge on any atom is 0.0998 e. The number of aliphatic imine (C=N–C) groups is 1. The van der Waals surface area contributed by atoms with E-state index in [0.29, 0.717) is 5.92 Å². The first kappa shape index (κ1) is 14.2. The van der Waals surface area contributed by atoms with Gasteiger partial charge in [0, 0.05) is 12.5 Å². The number of rotatable bonds is 6. The Morgan fingerprint density at radius 2 is 2.07 bits per heavy atom. The number of nitrogens with one attached hydrogen (secondary N) is 1. The normalized spacial score (nSPS) is 12.6. The molecular weight excluding hydrogens is 289 g/mol. The second kappa shape index (κ2) is 8.47. The van der Waals surface area contributed by atoms with E-state index in [1.807, 2.05) is 0 Å². The molecule has 14 heavy (non-hydrogen) atoms. The van der Waals surface area contributed by atoms with Crippen LogP contribution in [0.15, 0.2) is 4.99 Å². The van der Waals surface area contributed by atoms with Gasteiger partial charge in [0.1, 0.15) is 0 Å². The quantitative estimate of drug-likeness (QED) is 0.203.